The summed E-state index contributed by atoms with van der Waals surface area (Å²) in [7, 11) is 3.17. The maximum Gasteiger partial charge on any atom is 0.316 e. The predicted octanol–water partition coefficient (Wildman–Crippen LogP) is 3.28. The number of nitrogens with one attached hydrogen (secondary N) is 1. The molecule has 0 aliphatic carbocycles. The van der Waals surface area contributed by atoms with Gasteiger partial charge in [-0.25, -0.2) is 0 Å². The molecule has 0 spiro atoms. The summed E-state index contributed by atoms with van der Waals surface area (Å²) >= 11 is 0. The van der Waals surface area contributed by atoms with Crippen molar-refractivity contribution in [2.75, 3.05) is 29.9 Å². The predicted molar refractivity (Wildman–Crippen MR) is 136 cm³/mol. The molecule has 0 atom stereocenters. The number of aryl methyl sites for hydroxylation is 2. The number of piperidine rings is 1. The van der Waals surface area contributed by atoms with Gasteiger partial charge in [0.25, 0.3) is 0 Å². The standard InChI is InChI=1S/C26H30N4O4/c1-4-34-19-11-8-18(9-12-19)10-13-24(31)27-20-16-22-23(29(3)26(33)25(32)28(22)2)17-21(20)30-14-6-5-7-15-30/h8-13,16-17H,4-7,14-15H2,1-3H3,(H,27,31). The van der Waals surface area contributed by atoms with E-state index in [1.807, 2.05) is 37.3 Å². The van der Waals surface area contributed by atoms with Gasteiger partial charge in [-0.1, -0.05) is 12.1 Å². The molecule has 2 aromatic carbocycles. The molecule has 1 aromatic heterocycles. The van der Waals surface area contributed by atoms with Crippen molar-refractivity contribution in [3.8, 4) is 5.75 Å². The molecule has 0 radical (unpaired) electrons. The first-order valence-corrected chi connectivity index (χ1v) is 11.6. The second-order valence-corrected chi connectivity index (χ2v) is 8.46. The lowest BCUT2D eigenvalue weighted by Gasteiger charge is -2.31. The van der Waals surface area contributed by atoms with Crippen molar-refractivity contribution in [2.24, 2.45) is 14.1 Å². The number of nitrogens with zero attached hydrogens (tertiary/aromatic N) is 3. The van der Waals surface area contributed by atoms with Crippen LogP contribution < -0.4 is 26.1 Å². The third-order valence-electron chi connectivity index (χ3n) is 6.18. The molecule has 1 amide bonds. The molecule has 1 aliphatic rings. The Kier molecular flexibility index (Phi) is 6.86. The summed E-state index contributed by atoms with van der Waals surface area (Å²) in [4.78, 5) is 39.8. The minimum absolute atomic E-state index is 0.277. The molecule has 178 valence electrons. The van der Waals surface area contributed by atoms with E-state index in [-0.39, 0.29) is 5.91 Å². The van der Waals surface area contributed by atoms with Crippen molar-refractivity contribution in [2.45, 2.75) is 26.2 Å². The van der Waals surface area contributed by atoms with Crippen LogP contribution in [-0.4, -0.2) is 34.7 Å². The Morgan fingerprint density at radius 1 is 0.971 bits per heavy atom. The van der Waals surface area contributed by atoms with Crippen LogP contribution in [0.2, 0.25) is 0 Å². The fraction of sp³-hybridized carbons (Fsp3) is 0.346. The monoisotopic (exact) mass is 462 g/mol. The van der Waals surface area contributed by atoms with E-state index in [9.17, 15) is 14.4 Å². The minimum atomic E-state index is -0.603. The molecule has 0 saturated carbocycles. The molecule has 1 fully saturated rings. The van der Waals surface area contributed by atoms with Crippen molar-refractivity contribution >= 4 is 34.4 Å². The number of anilines is 2. The van der Waals surface area contributed by atoms with Gasteiger partial charge in [-0.15, -0.1) is 0 Å². The highest BCUT2D eigenvalue weighted by atomic mass is 16.5. The summed E-state index contributed by atoms with van der Waals surface area (Å²) in [5, 5.41) is 2.99. The molecule has 1 aliphatic heterocycles. The van der Waals surface area contributed by atoms with E-state index in [0.717, 1.165) is 42.9 Å². The topological polar surface area (TPSA) is 85.6 Å². The molecule has 8 nitrogen and oxygen atoms in total. The zero-order valence-corrected chi connectivity index (χ0v) is 19.8. The first-order chi connectivity index (χ1) is 16.4. The number of amides is 1. The molecule has 0 bridgehead atoms. The lowest BCUT2D eigenvalue weighted by molar-refractivity contribution is -0.111. The van der Waals surface area contributed by atoms with Crippen LogP contribution in [0.25, 0.3) is 17.1 Å². The van der Waals surface area contributed by atoms with Crippen LogP contribution in [0.4, 0.5) is 11.4 Å². The molecule has 3 aromatic rings. The van der Waals surface area contributed by atoms with E-state index in [1.54, 1.807) is 26.2 Å². The number of hydrogen-bond acceptors (Lipinski definition) is 5. The number of ether oxygens (including phenoxy) is 1. The van der Waals surface area contributed by atoms with Crippen LogP contribution in [-0.2, 0) is 18.9 Å². The Bertz CT molecular complexity index is 1350. The molecular weight excluding hydrogens is 432 g/mol. The summed E-state index contributed by atoms with van der Waals surface area (Å²) in [6, 6.07) is 11.2. The zero-order valence-electron chi connectivity index (χ0n) is 19.8. The molecular formula is C26H30N4O4. The molecule has 1 saturated heterocycles. The second kappa shape index (κ2) is 9.99. The first-order valence-electron chi connectivity index (χ1n) is 11.6. The molecule has 1 N–H and O–H groups in total. The van der Waals surface area contributed by atoms with Gasteiger partial charge in [-0.2, -0.15) is 0 Å². The first kappa shape index (κ1) is 23.4. The summed E-state index contributed by atoms with van der Waals surface area (Å²) in [6.07, 6.45) is 6.53. The SMILES string of the molecule is CCOc1ccc(C=CC(=O)Nc2cc3c(cc2N2CCCCC2)n(C)c(=O)c(=O)n3C)cc1. The van der Waals surface area contributed by atoms with Crippen LogP contribution in [0.15, 0.2) is 52.1 Å². The second-order valence-electron chi connectivity index (χ2n) is 8.46. The van der Waals surface area contributed by atoms with Crippen LogP contribution in [0.3, 0.4) is 0 Å². The van der Waals surface area contributed by atoms with Gasteiger partial charge in [0.1, 0.15) is 5.75 Å². The quantitative estimate of drug-likeness (QED) is 0.449. The maximum absolute atomic E-state index is 12.8. The zero-order chi connectivity index (χ0) is 24.2. The normalized spacial score (nSPS) is 14.0. The van der Waals surface area contributed by atoms with Gasteiger partial charge in [-0.3, -0.25) is 14.4 Å². The van der Waals surface area contributed by atoms with Crippen molar-refractivity contribution in [1.29, 1.82) is 0 Å². The number of carbonyl (C=O) groups excluding carboxylic acids is 1. The fourth-order valence-corrected chi connectivity index (χ4v) is 4.29. The number of aromatic nitrogens is 2. The smallest absolute Gasteiger partial charge is 0.316 e. The summed E-state index contributed by atoms with van der Waals surface area (Å²) in [5.41, 5.74) is 2.40. The Labute approximate surface area is 198 Å². The van der Waals surface area contributed by atoms with Crippen molar-refractivity contribution in [3.63, 3.8) is 0 Å². The third kappa shape index (κ3) is 4.76. The van der Waals surface area contributed by atoms with E-state index >= 15 is 0 Å². The number of benzene rings is 2. The van der Waals surface area contributed by atoms with Gasteiger partial charge in [0.15, 0.2) is 0 Å². The van der Waals surface area contributed by atoms with Crippen molar-refractivity contribution < 1.29 is 9.53 Å². The van der Waals surface area contributed by atoms with Gasteiger partial charge >= 0.3 is 11.1 Å². The lowest BCUT2D eigenvalue weighted by Crippen LogP contribution is -2.39. The highest BCUT2D eigenvalue weighted by Gasteiger charge is 2.19. The van der Waals surface area contributed by atoms with Crippen LogP contribution >= 0.6 is 0 Å². The van der Waals surface area contributed by atoms with Crippen LogP contribution in [0.5, 0.6) is 5.75 Å². The minimum Gasteiger partial charge on any atom is -0.494 e. The average Bonchev–Trinajstić information content (AvgIpc) is 2.86. The van der Waals surface area contributed by atoms with Crippen molar-refractivity contribution in [1.82, 2.24) is 9.13 Å². The fourth-order valence-electron chi connectivity index (χ4n) is 4.29. The van der Waals surface area contributed by atoms with Gasteiger partial charge in [0.2, 0.25) is 5.91 Å². The summed E-state index contributed by atoms with van der Waals surface area (Å²) < 4.78 is 8.17. The van der Waals surface area contributed by atoms with Gasteiger partial charge in [0, 0.05) is 33.3 Å². The van der Waals surface area contributed by atoms with E-state index < -0.39 is 11.1 Å². The molecule has 0 unspecified atom stereocenters. The van der Waals surface area contributed by atoms with Crippen molar-refractivity contribution in [3.05, 3.63) is 68.7 Å². The third-order valence-corrected chi connectivity index (χ3v) is 6.18. The Hall–Kier alpha value is -3.81. The van der Waals surface area contributed by atoms with Gasteiger partial charge in [0.05, 0.1) is 29.0 Å². The number of fused-ring (bicyclic) bond motifs is 1. The average molecular weight is 463 g/mol. The van der Waals surface area contributed by atoms with Gasteiger partial charge < -0.3 is 24.1 Å². The molecule has 8 heteroatoms. The number of rotatable bonds is 6. The largest absolute Gasteiger partial charge is 0.494 e. The lowest BCUT2D eigenvalue weighted by atomic mass is 10.1. The Morgan fingerprint density at radius 2 is 1.59 bits per heavy atom. The van der Waals surface area contributed by atoms with Gasteiger partial charge in [-0.05, 0) is 62.1 Å². The Balaban J connectivity index is 1.68. The Morgan fingerprint density at radius 3 is 2.21 bits per heavy atom. The van der Waals surface area contributed by atoms with Crippen LogP contribution in [0.1, 0.15) is 31.7 Å². The molecule has 4 rings (SSSR count). The van der Waals surface area contributed by atoms with E-state index in [1.165, 1.54) is 21.6 Å². The number of carbonyl (C=O) groups is 1. The highest BCUT2D eigenvalue weighted by molar-refractivity contribution is 6.05. The summed E-state index contributed by atoms with van der Waals surface area (Å²) in [5.74, 6) is 0.507. The molecule has 34 heavy (non-hydrogen) atoms. The van der Waals surface area contributed by atoms with E-state index in [4.69, 9.17) is 4.74 Å². The molecule has 2 heterocycles. The van der Waals surface area contributed by atoms with E-state index in [2.05, 4.69) is 10.2 Å². The number of hydrogen-bond donors (Lipinski definition) is 1. The van der Waals surface area contributed by atoms with E-state index in [0.29, 0.717) is 23.3 Å². The highest BCUT2D eigenvalue weighted by Crippen LogP contribution is 2.32. The maximum atomic E-state index is 12.8. The van der Waals surface area contributed by atoms with Crippen LogP contribution in [0, 0.1) is 0 Å². The summed E-state index contributed by atoms with van der Waals surface area (Å²) in [6.45, 7) is 4.27.